The van der Waals surface area contributed by atoms with Gasteiger partial charge >= 0.3 is 0 Å². The van der Waals surface area contributed by atoms with Crippen LogP contribution in [0.5, 0.6) is 0 Å². The molecule has 22 heavy (non-hydrogen) atoms. The summed E-state index contributed by atoms with van der Waals surface area (Å²) in [4.78, 5) is 24.0. The van der Waals surface area contributed by atoms with Gasteiger partial charge < -0.3 is 16.0 Å². The molecule has 5 heteroatoms. The maximum absolute atomic E-state index is 12.0. The fourth-order valence-electron chi connectivity index (χ4n) is 1.88. The number of benzene rings is 1. The molecule has 1 aromatic rings. The van der Waals surface area contributed by atoms with Gasteiger partial charge in [-0.25, -0.2) is 0 Å². The summed E-state index contributed by atoms with van der Waals surface area (Å²) in [7, 11) is 0. The lowest BCUT2D eigenvalue weighted by molar-refractivity contribution is -0.115. The quantitative estimate of drug-likeness (QED) is 0.724. The Bertz CT molecular complexity index is 551. The molecule has 0 aliphatic heterocycles. The van der Waals surface area contributed by atoms with E-state index < -0.39 is 0 Å². The predicted octanol–water partition coefficient (Wildman–Crippen LogP) is 2.30. The summed E-state index contributed by atoms with van der Waals surface area (Å²) in [5, 5.41) is 8.97. The van der Waals surface area contributed by atoms with Crippen molar-refractivity contribution in [3.05, 3.63) is 29.8 Å². The lowest BCUT2D eigenvalue weighted by Crippen LogP contribution is -2.43. The van der Waals surface area contributed by atoms with Crippen molar-refractivity contribution in [1.29, 1.82) is 0 Å². The molecule has 5 nitrogen and oxygen atoms in total. The van der Waals surface area contributed by atoms with Gasteiger partial charge in [-0.2, -0.15) is 0 Å². The monoisotopic (exact) mass is 303 g/mol. The van der Waals surface area contributed by atoms with Crippen LogP contribution in [0.1, 0.15) is 50.4 Å². The van der Waals surface area contributed by atoms with Gasteiger partial charge in [0.05, 0.1) is 6.54 Å². The minimum atomic E-state index is -0.110. The molecule has 1 aliphatic rings. The Balaban J connectivity index is 1.89. The summed E-state index contributed by atoms with van der Waals surface area (Å²) in [6, 6.07) is 7.36. The van der Waals surface area contributed by atoms with Crippen LogP contribution in [-0.2, 0) is 4.79 Å². The molecule has 0 saturated heterocycles. The SMILES string of the molecule is CCC(C)(C)NCC(=O)Nc1cccc(C(=O)NC2CC2)c1. The minimum Gasteiger partial charge on any atom is -0.349 e. The van der Waals surface area contributed by atoms with Crippen LogP contribution in [0.2, 0.25) is 0 Å². The van der Waals surface area contributed by atoms with E-state index in [0.717, 1.165) is 19.3 Å². The number of nitrogens with one attached hydrogen (secondary N) is 3. The van der Waals surface area contributed by atoms with Gasteiger partial charge in [0.1, 0.15) is 0 Å². The summed E-state index contributed by atoms with van der Waals surface area (Å²) >= 11 is 0. The van der Waals surface area contributed by atoms with Gasteiger partial charge in [0.15, 0.2) is 0 Å². The Labute approximate surface area is 131 Å². The molecule has 1 fully saturated rings. The summed E-state index contributed by atoms with van der Waals surface area (Å²) in [6.45, 7) is 6.44. The van der Waals surface area contributed by atoms with E-state index in [0.29, 0.717) is 17.3 Å². The second-order valence-electron chi connectivity index (χ2n) is 6.47. The van der Waals surface area contributed by atoms with Gasteiger partial charge in [0, 0.05) is 22.8 Å². The zero-order chi connectivity index (χ0) is 16.2. The summed E-state index contributed by atoms with van der Waals surface area (Å²) < 4.78 is 0. The molecule has 3 N–H and O–H groups in total. The summed E-state index contributed by atoms with van der Waals surface area (Å²) in [5.41, 5.74) is 1.15. The van der Waals surface area contributed by atoms with Crippen LogP contribution in [0.3, 0.4) is 0 Å². The van der Waals surface area contributed by atoms with Crippen molar-refractivity contribution in [2.45, 2.75) is 51.6 Å². The van der Waals surface area contributed by atoms with Gasteiger partial charge in [0.25, 0.3) is 5.91 Å². The summed E-state index contributed by atoms with van der Waals surface area (Å²) in [5.74, 6) is -0.190. The highest BCUT2D eigenvalue weighted by Crippen LogP contribution is 2.20. The highest BCUT2D eigenvalue weighted by Gasteiger charge is 2.23. The molecule has 0 spiro atoms. The molecule has 1 saturated carbocycles. The van der Waals surface area contributed by atoms with Gasteiger partial charge in [-0.1, -0.05) is 13.0 Å². The molecule has 1 aliphatic carbocycles. The lowest BCUT2D eigenvalue weighted by Gasteiger charge is -2.24. The van der Waals surface area contributed by atoms with Crippen molar-refractivity contribution in [3.63, 3.8) is 0 Å². The second kappa shape index (κ2) is 6.92. The second-order valence-corrected chi connectivity index (χ2v) is 6.47. The molecule has 0 bridgehead atoms. The Morgan fingerprint density at radius 3 is 2.64 bits per heavy atom. The molecule has 2 rings (SSSR count). The Morgan fingerprint density at radius 1 is 1.27 bits per heavy atom. The first kappa shape index (κ1) is 16.5. The molecule has 1 aromatic carbocycles. The van der Waals surface area contributed by atoms with Crippen LogP contribution in [0.4, 0.5) is 5.69 Å². The first-order valence-electron chi connectivity index (χ1n) is 7.85. The van der Waals surface area contributed by atoms with Crippen molar-refractivity contribution in [1.82, 2.24) is 10.6 Å². The number of amides is 2. The molecule has 0 unspecified atom stereocenters. The fraction of sp³-hybridized carbons (Fsp3) is 0.529. The van der Waals surface area contributed by atoms with E-state index in [9.17, 15) is 9.59 Å². The zero-order valence-corrected chi connectivity index (χ0v) is 13.5. The molecular weight excluding hydrogens is 278 g/mol. The van der Waals surface area contributed by atoms with Crippen molar-refractivity contribution in [3.8, 4) is 0 Å². The number of hydrogen-bond donors (Lipinski definition) is 3. The largest absolute Gasteiger partial charge is 0.349 e. The van der Waals surface area contributed by atoms with Crippen molar-refractivity contribution >= 4 is 17.5 Å². The average Bonchev–Trinajstić information content (AvgIpc) is 3.29. The first-order valence-corrected chi connectivity index (χ1v) is 7.85. The van der Waals surface area contributed by atoms with Gasteiger partial charge in [-0.3, -0.25) is 9.59 Å². The average molecular weight is 303 g/mol. The van der Waals surface area contributed by atoms with Crippen LogP contribution in [0.15, 0.2) is 24.3 Å². The number of carbonyl (C=O) groups is 2. The standard InChI is InChI=1S/C17H25N3O2/c1-4-17(2,3)18-11-15(21)19-14-7-5-6-12(10-14)16(22)20-13-8-9-13/h5-7,10,13,18H,4,8-9,11H2,1-3H3,(H,19,21)(H,20,22). The first-order chi connectivity index (χ1) is 10.4. The number of rotatable bonds is 7. The third-order valence-corrected chi connectivity index (χ3v) is 3.93. The molecular formula is C17H25N3O2. The minimum absolute atomic E-state index is 0.0661. The van der Waals surface area contributed by atoms with Crippen LogP contribution >= 0.6 is 0 Å². The van der Waals surface area contributed by atoms with E-state index in [-0.39, 0.29) is 23.9 Å². The Hall–Kier alpha value is -1.88. The van der Waals surface area contributed by atoms with E-state index in [2.05, 4.69) is 36.7 Å². The third kappa shape index (κ3) is 5.15. The smallest absolute Gasteiger partial charge is 0.251 e. The van der Waals surface area contributed by atoms with Crippen molar-refractivity contribution < 1.29 is 9.59 Å². The highest BCUT2D eigenvalue weighted by atomic mass is 16.2. The van der Waals surface area contributed by atoms with Gasteiger partial charge in [-0.05, 0) is 51.3 Å². The normalized spacial score (nSPS) is 14.5. The summed E-state index contributed by atoms with van der Waals surface area (Å²) in [6.07, 6.45) is 3.05. The predicted molar refractivity (Wildman–Crippen MR) is 87.9 cm³/mol. The van der Waals surface area contributed by atoms with Gasteiger partial charge in [-0.15, -0.1) is 0 Å². The molecule has 0 radical (unpaired) electrons. The topological polar surface area (TPSA) is 70.2 Å². The molecule has 0 heterocycles. The van der Waals surface area contributed by atoms with E-state index >= 15 is 0 Å². The van der Waals surface area contributed by atoms with Gasteiger partial charge in [0.2, 0.25) is 5.91 Å². The number of hydrogen-bond acceptors (Lipinski definition) is 3. The van der Waals surface area contributed by atoms with E-state index in [1.807, 2.05) is 0 Å². The van der Waals surface area contributed by atoms with E-state index in [4.69, 9.17) is 0 Å². The van der Waals surface area contributed by atoms with Crippen LogP contribution < -0.4 is 16.0 Å². The maximum atomic E-state index is 12.0. The van der Waals surface area contributed by atoms with Crippen molar-refractivity contribution in [2.24, 2.45) is 0 Å². The van der Waals surface area contributed by atoms with Crippen molar-refractivity contribution in [2.75, 3.05) is 11.9 Å². The fourth-order valence-corrected chi connectivity index (χ4v) is 1.88. The maximum Gasteiger partial charge on any atom is 0.251 e. The van der Waals surface area contributed by atoms with Crippen LogP contribution in [0, 0.1) is 0 Å². The number of carbonyl (C=O) groups excluding carboxylic acids is 2. The third-order valence-electron chi connectivity index (χ3n) is 3.93. The molecule has 2 amide bonds. The zero-order valence-electron chi connectivity index (χ0n) is 13.5. The molecule has 0 atom stereocenters. The highest BCUT2D eigenvalue weighted by molar-refractivity contribution is 5.97. The lowest BCUT2D eigenvalue weighted by atomic mass is 10.0. The Morgan fingerprint density at radius 2 is 2.00 bits per heavy atom. The van der Waals surface area contributed by atoms with E-state index in [1.165, 1.54) is 0 Å². The molecule has 0 aromatic heterocycles. The molecule has 120 valence electrons. The van der Waals surface area contributed by atoms with Crippen LogP contribution in [0.25, 0.3) is 0 Å². The Kier molecular flexibility index (Phi) is 5.19. The van der Waals surface area contributed by atoms with E-state index in [1.54, 1.807) is 24.3 Å². The van der Waals surface area contributed by atoms with Crippen LogP contribution in [-0.4, -0.2) is 29.9 Å². The number of anilines is 1.